The Morgan fingerprint density at radius 3 is 2.73 bits per heavy atom. The average Bonchev–Trinajstić information content (AvgIpc) is 2.75. The fourth-order valence-corrected chi connectivity index (χ4v) is 5.07. The van der Waals surface area contributed by atoms with Crippen LogP contribution in [-0.2, 0) is 19.6 Å². The molecule has 1 saturated heterocycles. The molecule has 2 aliphatic rings. The smallest absolute Gasteiger partial charge is 0.262 e. The van der Waals surface area contributed by atoms with Crippen LogP contribution in [0.4, 0.5) is 15.8 Å². The van der Waals surface area contributed by atoms with Crippen LogP contribution < -0.4 is 15.4 Å². The van der Waals surface area contributed by atoms with Gasteiger partial charge in [0.15, 0.2) is 6.61 Å². The number of rotatable bonds is 4. The largest absolute Gasteiger partial charge is 0.482 e. The normalized spacial score (nSPS) is 19.4. The van der Waals surface area contributed by atoms with Gasteiger partial charge in [-0.15, -0.1) is 0 Å². The summed E-state index contributed by atoms with van der Waals surface area (Å²) in [5.74, 6) is -1.20. The van der Waals surface area contributed by atoms with E-state index >= 15 is 0 Å². The van der Waals surface area contributed by atoms with Crippen LogP contribution in [0, 0.1) is 11.7 Å². The number of carbonyl (C=O) groups is 2. The predicted octanol–water partition coefficient (Wildman–Crippen LogP) is 2.20. The van der Waals surface area contributed by atoms with E-state index in [2.05, 4.69) is 10.6 Å². The van der Waals surface area contributed by atoms with Crippen LogP contribution in [-0.4, -0.2) is 44.2 Å². The highest BCUT2D eigenvalue weighted by atomic mass is 32.2. The second-order valence-corrected chi connectivity index (χ2v) is 9.13. The maximum Gasteiger partial charge on any atom is 0.262 e. The Morgan fingerprint density at radius 2 is 1.97 bits per heavy atom. The lowest BCUT2D eigenvalue weighted by atomic mass is 9.99. The summed E-state index contributed by atoms with van der Waals surface area (Å²) in [6.07, 6.45) is 1.08. The van der Waals surface area contributed by atoms with Gasteiger partial charge in [0, 0.05) is 18.8 Å². The van der Waals surface area contributed by atoms with Crippen molar-refractivity contribution < 1.29 is 27.1 Å². The lowest BCUT2D eigenvalue weighted by Crippen LogP contribution is -2.43. The first-order valence-corrected chi connectivity index (χ1v) is 10.9. The minimum absolute atomic E-state index is 0.0200. The summed E-state index contributed by atoms with van der Waals surface area (Å²) in [7, 11) is -3.86. The Morgan fingerprint density at radius 1 is 1.20 bits per heavy atom. The van der Waals surface area contributed by atoms with Crippen LogP contribution in [0.1, 0.15) is 12.8 Å². The summed E-state index contributed by atoms with van der Waals surface area (Å²) in [4.78, 5) is 24.1. The molecule has 0 unspecified atom stereocenters. The topological polar surface area (TPSA) is 105 Å². The molecule has 1 atom stereocenters. The van der Waals surface area contributed by atoms with E-state index in [1.165, 1.54) is 46.8 Å². The van der Waals surface area contributed by atoms with Gasteiger partial charge < -0.3 is 15.4 Å². The molecule has 30 heavy (non-hydrogen) atoms. The molecule has 10 heteroatoms. The number of nitrogens with zero attached hydrogens (tertiary/aromatic N) is 1. The monoisotopic (exact) mass is 433 g/mol. The van der Waals surface area contributed by atoms with Crippen LogP contribution in [0.15, 0.2) is 47.4 Å². The van der Waals surface area contributed by atoms with Crippen LogP contribution in [0.25, 0.3) is 0 Å². The first kappa shape index (κ1) is 20.3. The highest BCUT2D eigenvalue weighted by Gasteiger charge is 2.34. The minimum atomic E-state index is -3.86. The van der Waals surface area contributed by atoms with E-state index in [-0.39, 0.29) is 29.9 Å². The number of ether oxygens (including phenoxy) is 1. The Hall–Kier alpha value is -2.98. The van der Waals surface area contributed by atoms with Gasteiger partial charge in [-0.3, -0.25) is 9.59 Å². The summed E-state index contributed by atoms with van der Waals surface area (Å²) in [5.41, 5.74) is 0.752. The molecule has 1 fully saturated rings. The third-order valence-electron chi connectivity index (χ3n) is 5.09. The summed E-state index contributed by atoms with van der Waals surface area (Å²) in [6.45, 7) is 0.216. The summed E-state index contributed by atoms with van der Waals surface area (Å²) in [5, 5.41) is 5.30. The molecule has 0 aromatic heterocycles. The van der Waals surface area contributed by atoms with Gasteiger partial charge in [-0.1, -0.05) is 0 Å². The molecule has 0 radical (unpaired) electrons. The van der Waals surface area contributed by atoms with Gasteiger partial charge in [-0.25, -0.2) is 12.8 Å². The molecular formula is C20H20FN3O5S. The molecule has 158 valence electrons. The molecule has 2 amide bonds. The third-order valence-corrected chi connectivity index (χ3v) is 6.95. The maximum absolute atomic E-state index is 13.1. The number of sulfonamides is 1. The number of hydrogen-bond donors (Lipinski definition) is 2. The van der Waals surface area contributed by atoms with Gasteiger partial charge in [0.1, 0.15) is 11.6 Å². The zero-order chi connectivity index (χ0) is 21.3. The standard InChI is InChI=1S/C20H20FN3O5S/c21-14-3-5-15(6-4-14)22-20(26)13-2-1-9-24(11-13)30(27,28)16-7-8-18-17(10-16)23-19(25)12-29-18/h3-8,10,13H,1-2,9,11-12H2,(H,22,26)(H,23,25)/t13-/m1/s1. The van der Waals surface area contributed by atoms with E-state index < -0.39 is 21.8 Å². The van der Waals surface area contributed by atoms with E-state index in [9.17, 15) is 22.4 Å². The number of benzene rings is 2. The molecule has 2 aromatic carbocycles. The van der Waals surface area contributed by atoms with E-state index in [0.717, 1.165) is 0 Å². The van der Waals surface area contributed by atoms with Crippen molar-refractivity contribution in [3.8, 4) is 5.75 Å². The van der Waals surface area contributed by atoms with Crippen LogP contribution in [0.3, 0.4) is 0 Å². The number of hydrogen-bond acceptors (Lipinski definition) is 5. The molecule has 8 nitrogen and oxygen atoms in total. The number of nitrogens with one attached hydrogen (secondary N) is 2. The number of anilines is 2. The Kier molecular flexibility index (Phi) is 5.44. The van der Waals surface area contributed by atoms with Gasteiger partial charge in [0.2, 0.25) is 15.9 Å². The first-order valence-electron chi connectivity index (χ1n) is 9.46. The van der Waals surface area contributed by atoms with E-state index in [0.29, 0.717) is 36.5 Å². The number of halogens is 1. The molecule has 0 aliphatic carbocycles. The molecule has 0 bridgehead atoms. The molecule has 2 aromatic rings. The Balaban J connectivity index is 1.49. The van der Waals surface area contributed by atoms with Crippen LogP contribution in [0.2, 0.25) is 0 Å². The lowest BCUT2D eigenvalue weighted by Gasteiger charge is -2.31. The van der Waals surface area contributed by atoms with Gasteiger partial charge in [0.05, 0.1) is 16.5 Å². The summed E-state index contributed by atoms with van der Waals surface area (Å²) < 4.78 is 45.8. The van der Waals surface area contributed by atoms with E-state index in [4.69, 9.17) is 4.74 Å². The Bertz CT molecular complexity index is 1090. The zero-order valence-electron chi connectivity index (χ0n) is 15.9. The van der Waals surface area contributed by atoms with Crippen molar-refractivity contribution in [3.63, 3.8) is 0 Å². The lowest BCUT2D eigenvalue weighted by molar-refractivity contribution is -0.121. The molecule has 4 rings (SSSR count). The number of amides is 2. The zero-order valence-corrected chi connectivity index (χ0v) is 16.7. The fraction of sp³-hybridized carbons (Fsp3) is 0.300. The number of carbonyl (C=O) groups excluding carboxylic acids is 2. The number of piperidine rings is 1. The molecular weight excluding hydrogens is 413 g/mol. The van der Waals surface area contributed by atoms with Crippen molar-refractivity contribution in [1.82, 2.24) is 4.31 Å². The van der Waals surface area contributed by atoms with Gasteiger partial charge in [-0.2, -0.15) is 4.31 Å². The van der Waals surface area contributed by atoms with Crippen LogP contribution in [0.5, 0.6) is 5.75 Å². The summed E-state index contributed by atoms with van der Waals surface area (Å²) >= 11 is 0. The van der Waals surface area contributed by atoms with Crippen molar-refractivity contribution >= 4 is 33.2 Å². The first-order chi connectivity index (χ1) is 14.3. The molecule has 2 aliphatic heterocycles. The van der Waals surface area contributed by atoms with Crippen molar-refractivity contribution in [2.24, 2.45) is 5.92 Å². The maximum atomic E-state index is 13.1. The van der Waals surface area contributed by atoms with Gasteiger partial charge in [-0.05, 0) is 55.3 Å². The van der Waals surface area contributed by atoms with E-state index in [1.807, 2.05) is 0 Å². The van der Waals surface area contributed by atoms with Crippen molar-refractivity contribution in [2.45, 2.75) is 17.7 Å². The molecule has 0 saturated carbocycles. The molecule has 2 N–H and O–H groups in total. The van der Waals surface area contributed by atoms with Crippen molar-refractivity contribution in [3.05, 3.63) is 48.3 Å². The van der Waals surface area contributed by atoms with Crippen molar-refractivity contribution in [2.75, 3.05) is 30.3 Å². The number of fused-ring (bicyclic) bond motifs is 1. The molecule has 0 spiro atoms. The molecule has 2 heterocycles. The third kappa shape index (κ3) is 4.14. The van der Waals surface area contributed by atoms with E-state index in [1.54, 1.807) is 0 Å². The summed E-state index contributed by atoms with van der Waals surface area (Å²) in [6, 6.07) is 9.68. The second kappa shape index (κ2) is 8.04. The highest BCUT2D eigenvalue weighted by Crippen LogP contribution is 2.32. The minimum Gasteiger partial charge on any atom is -0.482 e. The quantitative estimate of drug-likeness (QED) is 0.769. The second-order valence-electron chi connectivity index (χ2n) is 7.19. The highest BCUT2D eigenvalue weighted by molar-refractivity contribution is 7.89. The van der Waals surface area contributed by atoms with Gasteiger partial charge in [0.25, 0.3) is 5.91 Å². The van der Waals surface area contributed by atoms with Gasteiger partial charge >= 0.3 is 0 Å². The van der Waals surface area contributed by atoms with Crippen LogP contribution >= 0.6 is 0 Å². The Labute approximate surface area is 173 Å². The SMILES string of the molecule is O=C1COc2ccc(S(=O)(=O)N3CCC[C@@H](C(=O)Nc4ccc(F)cc4)C3)cc2N1. The average molecular weight is 433 g/mol. The van der Waals surface area contributed by atoms with Crippen molar-refractivity contribution in [1.29, 1.82) is 0 Å². The fourth-order valence-electron chi connectivity index (χ4n) is 3.52. The predicted molar refractivity (Wildman–Crippen MR) is 107 cm³/mol.